The lowest BCUT2D eigenvalue weighted by Crippen LogP contribution is -2.22. The van der Waals surface area contributed by atoms with Crippen LogP contribution in [0.1, 0.15) is 57.7 Å². The van der Waals surface area contributed by atoms with Crippen molar-refractivity contribution in [3.8, 4) is 0 Å². The summed E-state index contributed by atoms with van der Waals surface area (Å²) in [5.41, 5.74) is 3.03. The van der Waals surface area contributed by atoms with Crippen molar-refractivity contribution in [2.45, 2.75) is 52.0 Å². The quantitative estimate of drug-likeness (QED) is 0.729. The van der Waals surface area contributed by atoms with Crippen LogP contribution in [0.2, 0.25) is 0 Å². The van der Waals surface area contributed by atoms with Gasteiger partial charge in [-0.25, -0.2) is 4.98 Å². The molecule has 3 nitrogen and oxygen atoms in total. The van der Waals surface area contributed by atoms with E-state index in [4.69, 9.17) is 4.98 Å². The molecule has 3 heteroatoms. The molecule has 0 spiro atoms. The molecule has 0 aliphatic rings. The standard InChI is InChI=1S/C17H25N3/c1-3-5-6-7-10-15(18-4-2)17-13-19-14-11-8-9-12-16(14)20-17/h8-9,11-13,15,18H,3-7,10H2,1-2H3. The summed E-state index contributed by atoms with van der Waals surface area (Å²) in [5, 5.41) is 3.54. The van der Waals surface area contributed by atoms with E-state index in [9.17, 15) is 0 Å². The Bertz CT molecular complexity index is 524. The molecular weight excluding hydrogens is 246 g/mol. The van der Waals surface area contributed by atoms with Crippen LogP contribution in [0.3, 0.4) is 0 Å². The summed E-state index contributed by atoms with van der Waals surface area (Å²) < 4.78 is 0. The van der Waals surface area contributed by atoms with Gasteiger partial charge in [0, 0.05) is 0 Å². The molecule has 0 aliphatic carbocycles. The van der Waals surface area contributed by atoms with Crippen LogP contribution in [0.5, 0.6) is 0 Å². The fourth-order valence-electron chi connectivity index (χ4n) is 2.52. The summed E-state index contributed by atoms with van der Waals surface area (Å²) in [4.78, 5) is 9.29. The van der Waals surface area contributed by atoms with Gasteiger partial charge in [0.1, 0.15) is 0 Å². The van der Waals surface area contributed by atoms with E-state index in [1.807, 2.05) is 30.5 Å². The highest BCUT2D eigenvalue weighted by molar-refractivity contribution is 5.73. The van der Waals surface area contributed by atoms with Crippen LogP contribution in [0.25, 0.3) is 11.0 Å². The Balaban J connectivity index is 2.09. The van der Waals surface area contributed by atoms with Gasteiger partial charge in [0.05, 0.1) is 29.0 Å². The Kier molecular flexibility index (Phi) is 5.93. The largest absolute Gasteiger partial charge is 0.309 e. The predicted octanol–water partition coefficient (Wildman–Crippen LogP) is 4.25. The van der Waals surface area contributed by atoms with E-state index in [0.29, 0.717) is 6.04 Å². The zero-order valence-corrected chi connectivity index (χ0v) is 12.6. The second-order valence-electron chi connectivity index (χ2n) is 5.24. The van der Waals surface area contributed by atoms with Crippen molar-refractivity contribution in [2.75, 3.05) is 6.54 Å². The second kappa shape index (κ2) is 7.95. The maximum atomic E-state index is 4.77. The fraction of sp³-hybridized carbons (Fsp3) is 0.529. The lowest BCUT2D eigenvalue weighted by molar-refractivity contribution is 0.472. The summed E-state index contributed by atoms with van der Waals surface area (Å²) in [6, 6.07) is 8.39. The Morgan fingerprint density at radius 2 is 1.85 bits per heavy atom. The molecular formula is C17H25N3. The van der Waals surface area contributed by atoms with Crippen LogP contribution in [-0.4, -0.2) is 16.5 Å². The molecule has 1 atom stereocenters. The van der Waals surface area contributed by atoms with Crippen molar-refractivity contribution < 1.29 is 0 Å². The number of para-hydroxylation sites is 2. The van der Waals surface area contributed by atoms with E-state index in [0.717, 1.165) is 29.7 Å². The number of nitrogens with one attached hydrogen (secondary N) is 1. The van der Waals surface area contributed by atoms with E-state index in [-0.39, 0.29) is 0 Å². The highest BCUT2D eigenvalue weighted by atomic mass is 14.9. The number of hydrogen-bond donors (Lipinski definition) is 1. The number of fused-ring (bicyclic) bond motifs is 1. The number of aromatic nitrogens is 2. The van der Waals surface area contributed by atoms with Crippen molar-refractivity contribution >= 4 is 11.0 Å². The molecule has 1 unspecified atom stereocenters. The number of hydrogen-bond acceptors (Lipinski definition) is 3. The third-order valence-corrected chi connectivity index (χ3v) is 3.62. The van der Waals surface area contributed by atoms with Crippen molar-refractivity contribution in [1.29, 1.82) is 0 Å². The molecule has 108 valence electrons. The third kappa shape index (κ3) is 4.01. The first-order valence-electron chi connectivity index (χ1n) is 7.80. The topological polar surface area (TPSA) is 37.8 Å². The zero-order valence-electron chi connectivity index (χ0n) is 12.6. The molecule has 0 fully saturated rings. The summed E-state index contributed by atoms with van der Waals surface area (Å²) in [5.74, 6) is 0. The van der Waals surface area contributed by atoms with E-state index in [1.54, 1.807) is 0 Å². The number of unbranched alkanes of at least 4 members (excludes halogenated alkanes) is 3. The zero-order chi connectivity index (χ0) is 14.2. The molecule has 20 heavy (non-hydrogen) atoms. The number of nitrogens with zero attached hydrogens (tertiary/aromatic N) is 2. The normalized spacial score (nSPS) is 12.7. The van der Waals surface area contributed by atoms with Crippen LogP contribution in [0, 0.1) is 0 Å². The highest BCUT2D eigenvalue weighted by Gasteiger charge is 2.12. The monoisotopic (exact) mass is 271 g/mol. The molecule has 0 amide bonds. The second-order valence-corrected chi connectivity index (χ2v) is 5.24. The van der Waals surface area contributed by atoms with Crippen molar-refractivity contribution in [3.05, 3.63) is 36.2 Å². The number of rotatable bonds is 8. The molecule has 2 aromatic rings. The first kappa shape index (κ1) is 14.9. The first-order chi connectivity index (χ1) is 9.85. The van der Waals surface area contributed by atoms with Gasteiger partial charge in [-0.15, -0.1) is 0 Å². The summed E-state index contributed by atoms with van der Waals surface area (Å²) in [6.45, 7) is 5.36. The predicted molar refractivity (Wildman–Crippen MR) is 84.7 cm³/mol. The highest BCUT2D eigenvalue weighted by Crippen LogP contribution is 2.20. The third-order valence-electron chi connectivity index (χ3n) is 3.62. The molecule has 0 saturated carbocycles. The summed E-state index contributed by atoms with van der Waals surface area (Å²) >= 11 is 0. The number of benzene rings is 1. The molecule has 0 aliphatic heterocycles. The van der Waals surface area contributed by atoms with Gasteiger partial charge in [0.25, 0.3) is 0 Å². The maximum absolute atomic E-state index is 4.77. The van der Waals surface area contributed by atoms with Gasteiger partial charge in [0.15, 0.2) is 0 Å². The van der Waals surface area contributed by atoms with Gasteiger partial charge in [-0.1, -0.05) is 51.7 Å². The van der Waals surface area contributed by atoms with Crippen molar-refractivity contribution in [3.63, 3.8) is 0 Å². The summed E-state index contributed by atoms with van der Waals surface area (Å²) in [7, 11) is 0. The molecule has 0 bridgehead atoms. The van der Waals surface area contributed by atoms with Gasteiger partial charge < -0.3 is 5.32 Å². The van der Waals surface area contributed by atoms with Crippen LogP contribution < -0.4 is 5.32 Å². The molecule has 1 heterocycles. The SMILES string of the molecule is CCCCCCC(NCC)c1cnc2ccccc2n1. The lowest BCUT2D eigenvalue weighted by atomic mass is 10.0. The molecule has 1 N–H and O–H groups in total. The lowest BCUT2D eigenvalue weighted by Gasteiger charge is -2.17. The van der Waals surface area contributed by atoms with Gasteiger partial charge in [0.2, 0.25) is 0 Å². The first-order valence-corrected chi connectivity index (χ1v) is 7.80. The Morgan fingerprint density at radius 1 is 1.05 bits per heavy atom. The Hall–Kier alpha value is -1.48. The maximum Gasteiger partial charge on any atom is 0.0890 e. The smallest absolute Gasteiger partial charge is 0.0890 e. The Morgan fingerprint density at radius 3 is 2.60 bits per heavy atom. The minimum absolute atomic E-state index is 0.328. The van der Waals surface area contributed by atoms with E-state index < -0.39 is 0 Å². The van der Waals surface area contributed by atoms with Crippen LogP contribution in [0.4, 0.5) is 0 Å². The van der Waals surface area contributed by atoms with Gasteiger partial charge in [-0.05, 0) is 25.1 Å². The fourth-order valence-corrected chi connectivity index (χ4v) is 2.52. The minimum atomic E-state index is 0.328. The molecule has 1 aromatic heterocycles. The van der Waals surface area contributed by atoms with E-state index >= 15 is 0 Å². The molecule has 0 radical (unpaired) electrons. The molecule has 0 saturated heterocycles. The average molecular weight is 271 g/mol. The van der Waals surface area contributed by atoms with E-state index in [2.05, 4.69) is 24.1 Å². The van der Waals surface area contributed by atoms with Crippen molar-refractivity contribution in [1.82, 2.24) is 15.3 Å². The summed E-state index contributed by atoms with van der Waals surface area (Å²) in [6.07, 6.45) is 8.22. The molecule has 1 aromatic carbocycles. The van der Waals surface area contributed by atoms with E-state index in [1.165, 1.54) is 25.7 Å². The van der Waals surface area contributed by atoms with Crippen molar-refractivity contribution in [2.24, 2.45) is 0 Å². The average Bonchev–Trinajstić information content (AvgIpc) is 2.50. The van der Waals surface area contributed by atoms with Crippen LogP contribution in [-0.2, 0) is 0 Å². The van der Waals surface area contributed by atoms with Crippen LogP contribution in [0.15, 0.2) is 30.5 Å². The minimum Gasteiger partial charge on any atom is -0.309 e. The van der Waals surface area contributed by atoms with Gasteiger partial charge in [-0.2, -0.15) is 0 Å². The Labute approximate surface area is 121 Å². The van der Waals surface area contributed by atoms with Gasteiger partial charge in [-0.3, -0.25) is 4.98 Å². The van der Waals surface area contributed by atoms with Crippen LogP contribution >= 0.6 is 0 Å². The van der Waals surface area contributed by atoms with Gasteiger partial charge >= 0.3 is 0 Å². The molecule has 2 rings (SSSR count).